The van der Waals surface area contributed by atoms with E-state index in [2.05, 4.69) is 11.4 Å². The van der Waals surface area contributed by atoms with Gasteiger partial charge in [-0.3, -0.25) is 10.1 Å². The van der Waals surface area contributed by atoms with Gasteiger partial charge in [0.15, 0.2) is 0 Å². The number of carbonyl (C=O) groups is 1. The van der Waals surface area contributed by atoms with E-state index in [9.17, 15) is 4.79 Å². The summed E-state index contributed by atoms with van der Waals surface area (Å²) >= 11 is 0. The zero-order valence-electron chi connectivity index (χ0n) is 11.8. The van der Waals surface area contributed by atoms with Crippen molar-refractivity contribution in [3.63, 3.8) is 0 Å². The van der Waals surface area contributed by atoms with Crippen molar-refractivity contribution < 1.29 is 4.79 Å². The first-order valence-corrected chi connectivity index (χ1v) is 6.82. The van der Waals surface area contributed by atoms with Gasteiger partial charge in [0.05, 0.1) is 0 Å². The van der Waals surface area contributed by atoms with Gasteiger partial charge in [-0.2, -0.15) is 0 Å². The number of benzene rings is 2. The van der Waals surface area contributed by atoms with Crippen molar-refractivity contribution in [2.75, 3.05) is 11.9 Å². The maximum Gasteiger partial charge on any atom is 0.248 e. The molecule has 3 nitrogen and oxygen atoms in total. The van der Waals surface area contributed by atoms with Crippen LogP contribution in [-0.4, -0.2) is 13.0 Å². The highest BCUT2D eigenvalue weighted by Gasteiger charge is 2.30. The molecule has 1 atom stereocenters. The van der Waals surface area contributed by atoms with Crippen LogP contribution < -0.4 is 10.2 Å². The summed E-state index contributed by atoms with van der Waals surface area (Å²) in [6, 6.07) is 15.9. The number of anilines is 1. The SMILES string of the molecule is Cc1cccc(N(C)C(=O)C2NCc3ccccc32)c1. The Balaban J connectivity index is 1.87. The Morgan fingerprint density at radius 2 is 2.00 bits per heavy atom. The zero-order chi connectivity index (χ0) is 14.1. The minimum Gasteiger partial charge on any atom is -0.314 e. The van der Waals surface area contributed by atoms with Gasteiger partial charge >= 0.3 is 0 Å². The van der Waals surface area contributed by atoms with Crippen LogP contribution in [0.3, 0.4) is 0 Å². The summed E-state index contributed by atoms with van der Waals surface area (Å²) in [7, 11) is 1.83. The summed E-state index contributed by atoms with van der Waals surface area (Å²) in [5.41, 5.74) is 4.39. The lowest BCUT2D eigenvalue weighted by molar-refractivity contribution is -0.120. The molecule has 0 fully saturated rings. The summed E-state index contributed by atoms with van der Waals surface area (Å²) in [5.74, 6) is 0.0838. The van der Waals surface area contributed by atoms with Crippen molar-refractivity contribution in [3.05, 3.63) is 65.2 Å². The summed E-state index contributed by atoms with van der Waals surface area (Å²) in [5, 5.41) is 3.30. The van der Waals surface area contributed by atoms with E-state index in [0.29, 0.717) is 0 Å². The summed E-state index contributed by atoms with van der Waals surface area (Å²) in [4.78, 5) is 14.4. The maximum atomic E-state index is 12.7. The highest BCUT2D eigenvalue weighted by molar-refractivity contribution is 5.98. The largest absolute Gasteiger partial charge is 0.314 e. The van der Waals surface area contributed by atoms with Crippen LogP contribution >= 0.6 is 0 Å². The first-order valence-electron chi connectivity index (χ1n) is 6.82. The number of nitrogens with zero attached hydrogens (tertiary/aromatic N) is 1. The minimum absolute atomic E-state index is 0.0838. The summed E-state index contributed by atoms with van der Waals surface area (Å²) < 4.78 is 0. The predicted molar refractivity (Wildman–Crippen MR) is 80.6 cm³/mol. The van der Waals surface area contributed by atoms with Gasteiger partial charge < -0.3 is 4.90 Å². The van der Waals surface area contributed by atoms with Gasteiger partial charge in [0.2, 0.25) is 5.91 Å². The van der Waals surface area contributed by atoms with Crippen LogP contribution in [0.1, 0.15) is 22.7 Å². The van der Waals surface area contributed by atoms with Crippen molar-refractivity contribution in [2.45, 2.75) is 19.5 Å². The molecule has 0 aromatic heterocycles. The molecule has 1 unspecified atom stereocenters. The number of nitrogens with one attached hydrogen (secondary N) is 1. The fourth-order valence-corrected chi connectivity index (χ4v) is 2.68. The average Bonchev–Trinajstić information content (AvgIpc) is 2.89. The van der Waals surface area contributed by atoms with E-state index in [0.717, 1.165) is 23.4 Å². The van der Waals surface area contributed by atoms with E-state index in [1.165, 1.54) is 5.56 Å². The Bertz CT molecular complexity index is 651. The molecule has 1 aliphatic rings. The molecule has 1 N–H and O–H groups in total. The van der Waals surface area contributed by atoms with E-state index >= 15 is 0 Å². The second kappa shape index (κ2) is 5.10. The molecule has 2 aromatic rings. The minimum atomic E-state index is -0.239. The van der Waals surface area contributed by atoms with Crippen LogP contribution in [-0.2, 0) is 11.3 Å². The van der Waals surface area contributed by atoms with Gasteiger partial charge in [-0.15, -0.1) is 0 Å². The third-order valence-corrected chi connectivity index (χ3v) is 3.83. The molecule has 0 bridgehead atoms. The molecular weight excluding hydrogens is 248 g/mol. The van der Waals surface area contributed by atoms with Gasteiger partial charge in [0, 0.05) is 19.3 Å². The van der Waals surface area contributed by atoms with Crippen molar-refractivity contribution in [1.29, 1.82) is 0 Å². The number of fused-ring (bicyclic) bond motifs is 1. The van der Waals surface area contributed by atoms with E-state index < -0.39 is 0 Å². The van der Waals surface area contributed by atoms with Crippen LogP contribution in [0.4, 0.5) is 5.69 Å². The van der Waals surface area contributed by atoms with Crippen LogP contribution in [0.15, 0.2) is 48.5 Å². The third kappa shape index (κ3) is 2.21. The van der Waals surface area contributed by atoms with E-state index in [1.807, 2.05) is 56.4 Å². The van der Waals surface area contributed by atoms with E-state index in [-0.39, 0.29) is 11.9 Å². The molecular formula is C17H18N2O. The monoisotopic (exact) mass is 266 g/mol. The highest BCUT2D eigenvalue weighted by Crippen LogP contribution is 2.28. The van der Waals surface area contributed by atoms with Crippen molar-refractivity contribution in [3.8, 4) is 0 Å². The van der Waals surface area contributed by atoms with E-state index in [4.69, 9.17) is 0 Å². The van der Waals surface area contributed by atoms with Crippen LogP contribution in [0, 0.1) is 6.92 Å². The summed E-state index contributed by atoms with van der Waals surface area (Å²) in [6.45, 7) is 2.79. The smallest absolute Gasteiger partial charge is 0.248 e. The van der Waals surface area contributed by atoms with Crippen molar-refractivity contribution in [1.82, 2.24) is 5.32 Å². The number of amides is 1. The standard InChI is InChI=1S/C17H18N2O/c1-12-6-5-8-14(10-12)19(2)17(20)16-15-9-4-3-7-13(15)11-18-16/h3-10,16,18H,11H2,1-2H3. The van der Waals surface area contributed by atoms with Gasteiger partial charge in [0.1, 0.15) is 6.04 Å². The fraction of sp³-hybridized carbons (Fsp3) is 0.235. The molecule has 3 heteroatoms. The van der Waals surface area contributed by atoms with Crippen LogP contribution in [0.25, 0.3) is 0 Å². The summed E-state index contributed by atoms with van der Waals surface area (Å²) in [6.07, 6.45) is 0. The van der Waals surface area contributed by atoms with Crippen molar-refractivity contribution in [2.24, 2.45) is 0 Å². The first kappa shape index (κ1) is 12.9. The number of aryl methyl sites for hydroxylation is 1. The fourth-order valence-electron chi connectivity index (χ4n) is 2.68. The molecule has 1 aliphatic heterocycles. The molecule has 1 amide bonds. The third-order valence-electron chi connectivity index (χ3n) is 3.83. The van der Waals surface area contributed by atoms with E-state index in [1.54, 1.807) is 4.90 Å². The number of likely N-dealkylation sites (N-methyl/N-ethyl adjacent to an activating group) is 1. The molecule has 0 radical (unpaired) electrons. The number of carbonyl (C=O) groups excluding carboxylic acids is 1. The van der Waals surface area contributed by atoms with Gasteiger partial charge in [-0.25, -0.2) is 0 Å². The normalized spacial score (nSPS) is 16.8. The highest BCUT2D eigenvalue weighted by atomic mass is 16.2. The van der Waals surface area contributed by atoms with Gasteiger partial charge in [0.25, 0.3) is 0 Å². The number of hydrogen-bond donors (Lipinski definition) is 1. The molecule has 0 aliphatic carbocycles. The molecule has 0 saturated heterocycles. The lowest BCUT2D eigenvalue weighted by Crippen LogP contribution is -2.35. The Morgan fingerprint density at radius 3 is 2.80 bits per heavy atom. The number of hydrogen-bond acceptors (Lipinski definition) is 2. The Morgan fingerprint density at radius 1 is 1.20 bits per heavy atom. The Hall–Kier alpha value is -2.13. The first-order chi connectivity index (χ1) is 9.66. The number of rotatable bonds is 2. The molecule has 1 heterocycles. The maximum absolute atomic E-state index is 12.7. The average molecular weight is 266 g/mol. The lowest BCUT2D eigenvalue weighted by Gasteiger charge is -2.22. The van der Waals surface area contributed by atoms with Crippen LogP contribution in [0.2, 0.25) is 0 Å². The second-order valence-electron chi connectivity index (χ2n) is 5.25. The molecule has 0 saturated carbocycles. The zero-order valence-corrected chi connectivity index (χ0v) is 11.8. The molecule has 102 valence electrons. The lowest BCUT2D eigenvalue weighted by atomic mass is 10.0. The molecule has 20 heavy (non-hydrogen) atoms. The topological polar surface area (TPSA) is 32.3 Å². The second-order valence-corrected chi connectivity index (χ2v) is 5.25. The molecule has 2 aromatic carbocycles. The van der Waals surface area contributed by atoms with Crippen LogP contribution in [0.5, 0.6) is 0 Å². The Kier molecular flexibility index (Phi) is 3.28. The molecule has 3 rings (SSSR count). The van der Waals surface area contributed by atoms with Crippen molar-refractivity contribution >= 4 is 11.6 Å². The predicted octanol–water partition coefficient (Wildman–Crippen LogP) is 2.80. The quantitative estimate of drug-likeness (QED) is 0.906. The molecule has 0 spiro atoms. The Labute approximate surface area is 119 Å². The van der Waals surface area contributed by atoms with Gasteiger partial charge in [-0.1, -0.05) is 36.4 Å². The van der Waals surface area contributed by atoms with Gasteiger partial charge in [-0.05, 0) is 35.7 Å².